The van der Waals surface area contributed by atoms with Crippen LogP contribution < -0.4 is 0 Å². The Labute approximate surface area is 96.3 Å². The minimum Gasteiger partial charge on any atom is -0.372 e. The number of likely N-dealkylation sites (N-methyl/N-ethyl adjacent to an activating group) is 1. The Bertz CT molecular complexity index is 302. The lowest BCUT2D eigenvalue weighted by Crippen LogP contribution is -2.65. The highest BCUT2D eigenvalue weighted by Gasteiger charge is 2.43. The number of ether oxygens (including phenoxy) is 1. The largest absolute Gasteiger partial charge is 0.372 e. The third-order valence-corrected chi connectivity index (χ3v) is 3.17. The Hall–Kier alpha value is -1.10. The second-order valence-electron chi connectivity index (χ2n) is 4.65. The van der Waals surface area contributed by atoms with Gasteiger partial charge in [-0.05, 0) is 20.8 Å². The zero-order chi connectivity index (χ0) is 12.5. The Morgan fingerprint density at radius 3 is 2.50 bits per heavy atom. The summed E-state index contributed by atoms with van der Waals surface area (Å²) in [6, 6.07) is 0. The number of nitrogens with zero attached hydrogens (tertiary/aromatic N) is 2. The minimum atomic E-state index is -0.781. The van der Waals surface area contributed by atoms with Crippen molar-refractivity contribution < 1.29 is 14.3 Å². The van der Waals surface area contributed by atoms with E-state index in [9.17, 15) is 9.59 Å². The molecule has 1 rings (SSSR count). The maximum absolute atomic E-state index is 12.0. The summed E-state index contributed by atoms with van der Waals surface area (Å²) in [6.07, 6.45) is -0.504. The van der Waals surface area contributed by atoms with Crippen LogP contribution in [0.5, 0.6) is 0 Å². The first-order chi connectivity index (χ1) is 7.32. The maximum atomic E-state index is 12.0. The minimum absolute atomic E-state index is 0.0320. The molecule has 0 aromatic carbocycles. The average Bonchev–Trinajstić information content (AvgIpc) is 2.24. The third kappa shape index (κ3) is 2.04. The lowest BCUT2D eigenvalue weighted by molar-refractivity contribution is -0.162. The van der Waals surface area contributed by atoms with E-state index in [1.54, 1.807) is 37.6 Å². The molecule has 1 atom stereocenters. The maximum Gasteiger partial charge on any atom is 0.252 e. The molecule has 0 aliphatic carbocycles. The smallest absolute Gasteiger partial charge is 0.252 e. The molecule has 1 heterocycles. The molecule has 0 N–H and O–H groups in total. The summed E-state index contributed by atoms with van der Waals surface area (Å²) in [6.45, 7) is 6.37. The van der Waals surface area contributed by atoms with E-state index in [2.05, 4.69) is 0 Å². The van der Waals surface area contributed by atoms with Crippen molar-refractivity contribution >= 4 is 11.8 Å². The van der Waals surface area contributed by atoms with Crippen molar-refractivity contribution in [3.63, 3.8) is 0 Å². The van der Waals surface area contributed by atoms with E-state index >= 15 is 0 Å². The standard InChI is InChI=1S/C11H20N2O3/c1-8(16-5)9(14)13-7-6-12(4)10(15)11(13,2)3/h8H,6-7H2,1-5H3. The van der Waals surface area contributed by atoms with Gasteiger partial charge in [0.05, 0.1) is 0 Å². The number of rotatable bonds is 2. The van der Waals surface area contributed by atoms with Crippen molar-refractivity contribution in [3.05, 3.63) is 0 Å². The summed E-state index contributed by atoms with van der Waals surface area (Å²) >= 11 is 0. The van der Waals surface area contributed by atoms with Gasteiger partial charge in [-0.15, -0.1) is 0 Å². The van der Waals surface area contributed by atoms with Crippen LogP contribution in [0.3, 0.4) is 0 Å². The summed E-state index contributed by atoms with van der Waals surface area (Å²) < 4.78 is 5.00. The first-order valence-corrected chi connectivity index (χ1v) is 5.42. The van der Waals surface area contributed by atoms with Crippen LogP contribution in [-0.2, 0) is 14.3 Å². The molecule has 1 saturated heterocycles. The highest BCUT2D eigenvalue weighted by atomic mass is 16.5. The zero-order valence-electron chi connectivity index (χ0n) is 10.6. The molecule has 5 heteroatoms. The van der Waals surface area contributed by atoms with Gasteiger partial charge in [-0.25, -0.2) is 0 Å². The number of amides is 2. The highest BCUT2D eigenvalue weighted by Crippen LogP contribution is 2.22. The van der Waals surface area contributed by atoms with E-state index in [-0.39, 0.29) is 11.8 Å². The van der Waals surface area contributed by atoms with Gasteiger partial charge in [0.15, 0.2) is 0 Å². The number of hydrogen-bond acceptors (Lipinski definition) is 3. The third-order valence-electron chi connectivity index (χ3n) is 3.17. The van der Waals surface area contributed by atoms with Crippen LogP contribution in [0.15, 0.2) is 0 Å². The molecule has 0 bridgehead atoms. The van der Waals surface area contributed by atoms with Crippen molar-refractivity contribution in [3.8, 4) is 0 Å². The first-order valence-electron chi connectivity index (χ1n) is 5.42. The predicted octanol–water partition coefficient (Wildman–Crippen LogP) is 0.100. The normalized spacial score (nSPS) is 22.2. The molecule has 1 unspecified atom stereocenters. The Morgan fingerprint density at radius 2 is 2.00 bits per heavy atom. The lowest BCUT2D eigenvalue weighted by atomic mass is 9.97. The van der Waals surface area contributed by atoms with Crippen molar-refractivity contribution in [2.75, 3.05) is 27.2 Å². The summed E-state index contributed by atoms with van der Waals surface area (Å²) in [5.41, 5.74) is -0.781. The summed E-state index contributed by atoms with van der Waals surface area (Å²) in [5.74, 6) is -0.163. The van der Waals surface area contributed by atoms with Gasteiger partial charge in [-0.2, -0.15) is 0 Å². The van der Waals surface area contributed by atoms with Gasteiger partial charge < -0.3 is 14.5 Å². The molecule has 16 heavy (non-hydrogen) atoms. The lowest BCUT2D eigenvalue weighted by Gasteiger charge is -2.45. The molecule has 0 radical (unpaired) electrons. The number of piperazine rings is 1. The van der Waals surface area contributed by atoms with E-state index in [1.165, 1.54) is 7.11 Å². The van der Waals surface area contributed by atoms with Crippen LogP contribution in [0.25, 0.3) is 0 Å². The van der Waals surface area contributed by atoms with E-state index < -0.39 is 11.6 Å². The van der Waals surface area contributed by atoms with E-state index in [0.29, 0.717) is 13.1 Å². The van der Waals surface area contributed by atoms with Gasteiger partial charge in [-0.3, -0.25) is 9.59 Å². The van der Waals surface area contributed by atoms with Gasteiger partial charge >= 0.3 is 0 Å². The predicted molar refractivity (Wildman–Crippen MR) is 59.9 cm³/mol. The highest BCUT2D eigenvalue weighted by molar-refractivity contribution is 5.93. The van der Waals surface area contributed by atoms with Gasteiger partial charge in [-0.1, -0.05) is 0 Å². The molecule has 2 amide bonds. The van der Waals surface area contributed by atoms with Crippen molar-refractivity contribution in [2.45, 2.75) is 32.4 Å². The molecule has 0 spiro atoms. The topological polar surface area (TPSA) is 49.9 Å². The Morgan fingerprint density at radius 1 is 1.44 bits per heavy atom. The molecule has 1 fully saturated rings. The SMILES string of the molecule is COC(C)C(=O)N1CCN(C)C(=O)C1(C)C. The van der Waals surface area contributed by atoms with Crippen molar-refractivity contribution in [1.29, 1.82) is 0 Å². The van der Waals surface area contributed by atoms with E-state index in [1.807, 2.05) is 0 Å². The summed E-state index contributed by atoms with van der Waals surface area (Å²) in [7, 11) is 3.25. The monoisotopic (exact) mass is 228 g/mol. The Kier molecular flexibility index (Phi) is 3.57. The first kappa shape index (κ1) is 13.0. The van der Waals surface area contributed by atoms with E-state index in [4.69, 9.17) is 4.74 Å². The van der Waals surface area contributed by atoms with Crippen LogP contribution in [0.4, 0.5) is 0 Å². The Balaban J connectivity index is 2.90. The van der Waals surface area contributed by atoms with Crippen LogP contribution in [0.2, 0.25) is 0 Å². The average molecular weight is 228 g/mol. The van der Waals surface area contributed by atoms with Gasteiger partial charge in [0.2, 0.25) is 5.91 Å². The van der Waals surface area contributed by atoms with Crippen LogP contribution in [0.1, 0.15) is 20.8 Å². The molecule has 5 nitrogen and oxygen atoms in total. The van der Waals surface area contributed by atoms with Crippen molar-refractivity contribution in [1.82, 2.24) is 9.80 Å². The number of carbonyl (C=O) groups is 2. The number of carbonyl (C=O) groups excluding carboxylic acids is 2. The van der Waals surface area contributed by atoms with Gasteiger partial charge in [0.25, 0.3) is 5.91 Å². The summed E-state index contributed by atoms with van der Waals surface area (Å²) in [4.78, 5) is 27.2. The van der Waals surface area contributed by atoms with E-state index in [0.717, 1.165) is 0 Å². The second-order valence-corrected chi connectivity index (χ2v) is 4.65. The molecule has 0 aromatic heterocycles. The molecule has 1 aliphatic heterocycles. The van der Waals surface area contributed by atoms with Crippen LogP contribution in [-0.4, -0.2) is 60.5 Å². The quantitative estimate of drug-likeness (QED) is 0.673. The fraction of sp³-hybridized carbons (Fsp3) is 0.818. The molecule has 1 aliphatic rings. The molecular weight excluding hydrogens is 208 g/mol. The number of methoxy groups -OCH3 is 1. The molecular formula is C11H20N2O3. The van der Waals surface area contributed by atoms with Gasteiger partial charge in [0, 0.05) is 27.2 Å². The summed E-state index contributed by atoms with van der Waals surface area (Å²) in [5, 5.41) is 0. The molecule has 0 aromatic rings. The number of hydrogen-bond donors (Lipinski definition) is 0. The zero-order valence-corrected chi connectivity index (χ0v) is 10.6. The molecule has 0 saturated carbocycles. The van der Waals surface area contributed by atoms with Crippen LogP contribution >= 0.6 is 0 Å². The van der Waals surface area contributed by atoms with Crippen molar-refractivity contribution in [2.24, 2.45) is 0 Å². The van der Waals surface area contributed by atoms with Crippen LogP contribution in [0, 0.1) is 0 Å². The van der Waals surface area contributed by atoms with Gasteiger partial charge in [0.1, 0.15) is 11.6 Å². The fourth-order valence-corrected chi connectivity index (χ4v) is 1.92. The second kappa shape index (κ2) is 4.41. The molecule has 92 valence electrons. The fourth-order valence-electron chi connectivity index (χ4n) is 1.92.